The molecule has 4 heterocycles. The first-order chi connectivity index (χ1) is 29.2. The fourth-order valence-electron chi connectivity index (χ4n) is 9.04. The molecular weight excluding hydrogens is 723 g/mol. The van der Waals surface area contributed by atoms with Gasteiger partial charge in [-0.1, -0.05) is 133 Å². The Bertz CT molecular complexity index is 3680. The molecule has 4 aromatic heterocycles. The first-order valence-corrected chi connectivity index (χ1v) is 19.8. The molecule has 0 aliphatic rings. The lowest BCUT2D eigenvalue weighted by molar-refractivity contribution is 1.01. The number of benzene rings is 8. The van der Waals surface area contributed by atoms with Crippen molar-refractivity contribution < 1.29 is 0 Å². The van der Waals surface area contributed by atoms with Gasteiger partial charge in [-0.15, -0.1) is 0 Å². The fraction of sp³-hybridized carbons (Fsp3) is 0. The Morgan fingerprint density at radius 3 is 1.56 bits per heavy atom. The molecule has 0 bridgehead atoms. The van der Waals surface area contributed by atoms with Crippen LogP contribution in [0.3, 0.4) is 0 Å². The lowest BCUT2D eigenvalue weighted by Crippen LogP contribution is -2.19. The molecule has 6 nitrogen and oxygen atoms in total. The summed E-state index contributed by atoms with van der Waals surface area (Å²) in [4.78, 5) is 25.0. The highest BCUT2D eigenvalue weighted by Crippen LogP contribution is 2.40. The van der Waals surface area contributed by atoms with Gasteiger partial charge >= 0.3 is 0 Å². The van der Waals surface area contributed by atoms with Crippen LogP contribution in [0.25, 0.3) is 105 Å². The highest BCUT2D eigenvalue weighted by molar-refractivity contribution is 6.18. The molecule has 0 amide bonds. The molecule has 0 aliphatic heterocycles. The number of hydrogen-bond donors (Lipinski definition) is 0. The normalized spacial score (nSPS) is 11.8. The zero-order valence-corrected chi connectivity index (χ0v) is 31.7. The van der Waals surface area contributed by atoms with E-state index in [1.54, 1.807) is 0 Å². The van der Waals surface area contributed by atoms with Crippen molar-refractivity contribution >= 4 is 65.4 Å². The molecule has 0 saturated carbocycles. The van der Waals surface area contributed by atoms with Gasteiger partial charge in [0.25, 0.3) is 5.56 Å². The van der Waals surface area contributed by atoms with E-state index in [1.807, 2.05) is 89.5 Å². The largest absolute Gasteiger partial charge is 0.307 e. The molecule has 0 unspecified atom stereocenters. The van der Waals surface area contributed by atoms with Crippen LogP contribution in [-0.4, -0.2) is 23.7 Å². The molecule has 0 atom stereocenters. The molecule has 0 saturated heterocycles. The van der Waals surface area contributed by atoms with Crippen LogP contribution in [0.4, 0.5) is 0 Å². The predicted octanol–water partition coefficient (Wildman–Crippen LogP) is 12.5. The summed E-state index contributed by atoms with van der Waals surface area (Å²) in [6.07, 6.45) is 0. The molecule has 12 aromatic rings. The van der Waals surface area contributed by atoms with Gasteiger partial charge < -0.3 is 4.57 Å². The summed E-state index contributed by atoms with van der Waals surface area (Å²) in [5.74, 6) is 0.628. The maximum absolute atomic E-state index is 14.6. The van der Waals surface area contributed by atoms with E-state index in [-0.39, 0.29) is 5.56 Å². The van der Waals surface area contributed by atoms with E-state index in [9.17, 15) is 4.79 Å². The van der Waals surface area contributed by atoms with Crippen molar-refractivity contribution in [2.24, 2.45) is 0 Å². The Hall–Kier alpha value is -8.09. The van der Waals surface area contributed by atoms with Crippen LogP contribution in [0.2, 0.25) is 0 Å². The van der Waals surface area contributed by atoms with Crippen molar-refractivity contribution in [3.63, 3.8) is 0 Å². The van der Waals surface area contributed by atoms with E-state index in [4.69, 9.17) is 9.97 Å². The number of nitrogens with zero attached hydrogens (tertiary/aromatic N) is 5. The Labute approximate surface area is 338 Å². The molecular formula is C53H33N5O. The zero-order chi connectivity index (χ0) is 39.0. The van der Waals surface area contributed by atoms with Crippen LogP contribution in [0.15, 0.2) is 205 Å². The van der Waals surface area contributed by atoms with Crippen molar-refractivity contribution in [2.75, 3.05) is 0 Å². The first-order valence-electron chi connectivity index (χ1n) is 19.8. The van der Waals surface area contributed by atoms with Gasteiger partial charge in [-0.25, -0.2) is 9.97 Å². The fourth-order valence-corrected chi connectivity index (χ4v) is 9.04. The standard InChI is InChI=1S/C53H33N5O/c59-52-41-24-11-10-23-40(41)50-51(57(52)38-20-8-3-9-21-38)44-33-36(29-31-48(44)56(50)37-18-6-2-7-19-37)35-28-30-47-43(32-35)39-22-13-15-27-46(39)58(47)53-54-45-26-14-12-25-42(45)49(55-53)34-16-4-1-5-17-34/h1-33H. The van der Waals surface area contributed by atoms with Crippen LogP contribution < -0.4 is 5.56 Å². The Morgan fingerprint density at radius 2 is 0.847 bits per heavy atom. The van der Waals surface area contributed by atoms with E-state index in [0.717, 1.165) is 93.8 Å². The van der Waals surface area contributed by atoms with Crippen molar-refractivity contribution in [2.45, 2.75) is 0 Å². The van der Waals surface area contributed by atoms with Crippen molar-refractivity contribution in [1.29, 1.82) is 0 Å². The minimum atomic E-state index is -0.0441. The third-order valence-corrected chi connectivity index (χ3v) is 11.7. The van der Waals surface area contributed by atoms with Crippen LogP contribution in [0, 0.1) is 0 Å². The number of para-hydroxylation sites is 4. The minimum absolute atomic E-state index is 0.0441. The Kier molecular flexibility index (Phi) is 7.28. The van der Waals surface area contributed by atoms with Crippen LogP contribution in [0.5, 0.6) is 0 Å². The van der Waals surface area contributed by atoms with Crippen LogP contribution in [-0.2, 0) is 0 Å². The smallest absolute Gasteiger partial charge is 0.263 e. The molecule has 12 rings (SSSR count). The SMILES string of the molecule is O=c1c2ccccc2c2c(c3cc(-c4ccc5c(c4)c4ccccc4n5-c4nc(-c5ccccc5)c5ccccc5n4)ccc3n2-c2ccccc2)n1-c1ccccc1. The predicted molar refractivity (Wildman–Crippen MR) is 242 cm³/mol. The second-order valence-electron chi connectivity index (χ2n) is 15.0. The topological polar surface area (TPSA) is 57.6 Å². The van der Waals surface area contributed by atoms with Gasteiger partial charge in [0.05, 0.1) is 38.8 Å². The van der Waals surface area contributed by atoms with Crippen molar-refractivity contribution in [1.82, 2.24) is 23.7 Å². The number of aromatic nitrogens is 5. The van der Waals surface area contributed by atoms with Crippen LogP contribution in [0.1, 0.15) is 0 Å². The molecule has 0 radical (unpaired) electrons. The highest BCUT2D eigenvalue weighted by Gasteiger charge is 2.23. The summed E-state index contributed by atoms with van der Waals surface area (Å²) in [5.41, 5.74) is 11.7. The second-order valence-corrected chi connectivity index (χ2v) is 15.0. The van der Waals surface area contributed by atoms with Gasteiger partial charge in [-0.05, 0) is 77.9 Å². The molecule has 0 fully saturated rings. The van der Waals surface area contributed by atoms with Gasteiger partial charge in [0, 0.05) is 49.3 Å². The van der Waals surface area contributed by atoms with Gasteiger partial charge in [0.2, 0.25) is 5.95 Å². The number of fused-ring (bicyclic) bond motifs is 9. The van der Waals surface area contributed by atoms with Crippen LogP contribution >= 0.6 is 0 Å². The second kappa shape index (κ2) is 13.0. The number of rotatable bonds is 5. The Balaban J connectivity index is 1.12. The zero-order valence-electron chi connectivity index (χ0n) is 31.7. The molecule has 0 N–H and O–H groups in total. The highest BCUT2D eigenvalue weighted by atomic mass is 16.1. The van der Waals surface area contributed by atoms with E-state index in [0.29, 0.717) is 11.3 Å². The lowest BCUT2D eigenvalue weighted by Gasteiger charge is -2.13. The summed E-state index contributed by atoms with van der Waals surface area (Å²) < 4.78 is 6.39. The van der Waals surface area contributed by atoms with E-state index < -0.39 is 0 Å². The van der Waals surface area contributed by atoms with Gasteiger partial charge in [0.15, 0.2) is 0 Å². The molecule has 59 heavy (non-hydrogen) atoms. The third-order valence-electron chi connectivity index (χ3n) is 11.7. The van der Waals surface area contributed by atoms with Gasteiger partial charge in [0.1, 0.15) is 0 Å². The number of hydrogen-bond acceptors (Lipinski definition) is 3. The average molecular weight is 756 g/mol. The lowest BCUT2D eigenvalue weighted by atomic mass is 10.0. The average Bonchev–Trinajstić information content (AvgIpc) is 3.82. The first kappa shape index (κ1) is 33.1. The summed E-state index contributed by atoms with van der Waals surface area (Å²) in [7, 11) is 0. The monoisotopic (exact) mass is 755 g/mol. The number of pyridine rings is 1. The molecule has 8 aromatic carbocycles. The molecule has 0 aliphatic carbocycles. The molecule has 6 heteroatoms. The maximum Gasteiger partial charge on any atom is 0.263 e. The summed E-state index contributed by atoms with van der Waals surface area (Å²) in [6, 6.07) is 68.7. The van der Waals surface area contributed by atoms with E-state index in [1.165, 1.54) is 0 Å². The van der Waals surface area contributed by atoms with Crippen molar-refractivity contribution in [3.05, 3.63) is 211 Å². The van der Waals surface area contributed by atoms with Crippen molar-refractivity contribution in [3.8, 4) is 39.7 Å². The minimum Gasteiger partial charge on any atom is -0.307 e. The maximum atomic E-state index is 14.6. The summed E-state index contributed by atoms with van der Waals surface area (Å²) in [5, 5.41) is 5.83. The summed E-state index contributed by atoms with van der Waals surface area (Å²) >= 11 is 0. The molecule has 276 valence electrons. The van der Waals surface area contributed by atoms with E-state index >= 15 is 0 Å². The molecule has 0 spiro atoms. The van der Waals surface area contributed by atoms with Gasteiger partial charge in [-0.2, -0.15) is 0 Å². The quantitative estimate of drug-likeness (QED) is 0.176. The Morgan fingerprint density at radius 1 is 0.339 bits per heavy atom. The van der Waals surface area contributed by atoms with Gasteiger partial charge in [-0.3, -0.25) is 13.9 Å². The van der Waals surface area contributed by atoms with E-state index in [2.05, 4.69) is 124 Å². The summed E-state index contributed by atoms with van der Waals surface area (Å²) in [6.45, 7) is 0. The third kappa shape index (κ3) is 5.03.